The molecule has 2 N–H and O–H groups in total. The van der Waals surface area contributed by atoms with E-state index < -0.39 is 5.25 Å². The van der Waals surface area contributed by atoms with Crippen LogP contribution in [0.15, 0.2) is 53.5 Å². The molecule has 140 valence electrons. The van der Waals surface area contributed by atoms with Crippen LogP contribution in [0.2, 0.25) is 0 Å². The zero-order valence-corrected chi connectivity index (χ0v) is 15.4. The molecule has 2 aromatic rings. The highest BCUT2D eigenvalue weighted by Crippen LogP contribution is 2.25. The van der Waals surface area contributed by atoms with Crippen LogP contribution in [0.4, 0.5) is 10.1 Å². The van der Waals surface area contributed by atoms with Gasteiger partial charge in [0.1, 0.15) is 16.8 Å². The highest BCUT2D eigenvalue weighted by molar-refractivity contribution is 8.15. The zero-order chi connectivity index (χ0) is 19.2. The van der Waals surface area contributed by atoms with E-state index in [0.717, 1.165) is 11.3 Å². The Bertz CT molecular complexity index is 871. The second-order valence-corrected chi connectivity index (χ2v) is 6.98. The Morgan fingerprint density at radius 2 is 2.00 bits per heavy atom. The van der Waals surface area contributed by atoms with E-state index in [9.17, 15) is 14.0 Å². The van der Waals surface area contributed by atoms with Crippen molar-refractivity contribution in [3.63, 3.8) is 0 Å². The molecule has 2 aromatic carbocycles. The lowest BCUT2D eigenvalue weighted by Gasteiger charge is -2.07. The molecule has 0 saturated carbocycles. The Morgan fingerprint density at radius 1 is 1.26 bits per heavy atom. The summed E-state index contributed by atoms with van der Waals surface area (Å²) in [6.07, 6.45) is 0.00154. The number of methoxy groups -OCH3 is 1. The average Bonchev–Trinajstić information content (AvgIpc) is 3.01. The molecule has 27 heavy (non-hydrogen) atoms. The maximum atomic E-state index is 12.9. The summed E-state index contributed by atoms with van der Waals surface area (Å²) in [4.78, 5) is 28.6. The van der Waals surface area contributed by atoms with Gasteiger partial charge in [-0.3, -0.25) is 14.6 Å². The minimum Gasteiger partial charge on any atom is -0.496 e. The van der Waals surface area contributed by atoms with Gasteiger partial charge in [0.25, 0.3) is 0 Å². The van der Waals surface area contributed by atoms with E-state index in [4.69, 9.17) is 4.74 Å². The minimum absolute atomic E-state index is 0.00154. The molecule has 0 aromatic heterocycles. The van der Waals surface area contributed by atoms with Gasteiger partial charge in [-0.15, -0.1) is 0 Å². The minimum atomic E-state index is -0.554. The van der Waals surface area contributed by atoms with Gasteiger partial charge >= 0.3 is 0 Å². The van der Waals surface area contributed by atoms with Gasteiger partial charge in [-0.1, -0.05) is 30.0 Å². The van der Waals surface area contributed by atoms with E-state index in [1.54, 1.807) is 7.11 Å². The number of aliphatic imine (C=N–C) groups is 1. The number of hydrogen-bond acceptors (Lipinski definition) is 5. The second kappa shape index (κ2) is 8.68. The second-order valence-electron chi connectivity index (χ2n) is 5.79. The predicted molar refractivity (Wildman–Crippen MR) is 103 cm³/mol. The molecule has 1 heterocycles. The molecule has 6 nitrogen and oxygen atoms in total. The summed E-state index contributed by atoms with van der Waals surface area (Å²) < 4.78 is 18.2. The van der Waals surface area contributed by atoms with Crippen molar-refractivity contribution in [3.05, 3.63) is 59.9 Å². The lowest BCUT2D eigenvalue weighted by atomic mass is 10.2. The lowest BCUT2D eigenvalue weighted by molar-refractivity contribution is -0.122. The normalized spacial score (nSPS) is 17.6. The van der Waals surface area contributed by atoms with Crippen LogP contribution >= 0.6 is 11.8 Å². The summed E-state index contributed by atoms with van der Waals surface area (Å²) >= 11 is 1.22. The van der Waals surface area contributed by atoms with Crippen LogP contribution in [0.1, 0.15) is 12.0 Å². The molecular formula is C19H18FN3O3S. The summed E-state index contributed by atoms with van der Waals surface area (Å²) in [5.74, 6) is -0.228. The van der Waals surface area contributed by atoms with Gasteiger partial charge in [0, 0.05) is 17.7 Å². The van der Waals surface area contributed by atoms with Gasteiger partial charge in [-0.2, -0.15) is 0 Å². The largest absolute Gasteiger partial charge is 0.496 e. The third kappa shape index (κ3) is 5.07. The van der Waals surface area contributed by atoms with Crippen molar-refractivity contribution in [3.8, 4) is 5.75 Å². The fourth-order valence-corrected chi connectivity index (χ4v) is 3.49. The summed E-state index contributed by atoms with van der Waals surface area (Å²) in [6.45, 7) is 0.362. The lowest BCUT2D eigenvalue weighted by Crippen LogP contribution is -2.28. The van der Waals surface area contributed by atoms with E-state index in [0.29, 0.717) is 17.4 Å². The van der Waals surface area contributed by atoms with E-state index in [1.807, 2.05) is 24.3 Å². The third-order valence-corrected chi connectivity index (χ3v) is 4.98. The number of carbonyl (C=O) groups excluding carboxylic acids is 2. The number of ether oxygens (including phenoxy) is 1. The van der Waals surface area contributed by atoms with Gasteiger partial charge < -0.3 is 15.4 Å². The third-order valence-electron chi connectivity index (χ3n) is 3.86. The monoisotopic (exact) mass is 387 g/mol. The summed E-state index contributed by atoms with van der Waals surface area (Å²) in [5.41, 5.74) is 1.38. The maximum absolute atomic E-state index is 12.9. The number of rotatable bonds is 6. The number of nitrogens with one attached hydrogen (secondary N) is 2. The molecule has 0 radical (unpaired) electrons. The number of nitrogens with zero attached hydrogens (tertiary/aromatic N) is 1. The van der Waals surface area contributed by atoms with Gasteiger partial charge in [0.05, 0.1) is 13.7 Å². The van der Waals surface area contributed by atoms with Gasteiger partial charge in [0.2, 0.25) is 11.8 Å². The summed E-state index contributed by atoms with van der Waals surface area (Å²) in [6, 6.07) is 13.0. The number of hydrogen-bond donors (Lipinski definition) is 2. The number of halogens is 1. The van der Waals surface area contributed by atoms with Crippen LogP contribution in [0.5, 0.6) is 5.75 Å². The first kappa shape index (κ1) is 18.9. The summed E-state index contributed by atoms with van der Waals surface area (Å²) in [5, 5.41) is 5.26. The van der Waals surface area contributed by atoms with Crippen LogP contribution in [-0.4, -0.2) is 29.3 Å². The number of anilines is 1. The van der Waals surface area contributed by atoms with Crippen LogP contribution in [0.25, 0.3) is 0 Å². The predicted octanol–water partition coefficient (Wildman–Crippen LogP) is 2.95. The van der Waals surface area contributed by atoms with Crippen molar-refractivity contribution in [2.45, 2.75) is 18.2 Å². The van der Waals surface area contributed by atoms with E-state index >= 15 is 0 Å². The Balaban J connectivity index is 1.56. The number of amidine groups is 1. The fourth-order valence-electron chi connectivity index (χ4n) is 2.52. The quantitative estimate of drug-likeness (QED) is 0.799. The molecule has 1 saturated heterocycles. The van der Waals surface area contributed by atoms with Crippen LogP contribution in [0, 0.1) is 5.82 Å². The summed E-state index contributed by atoms with van der Waals surface area (Å²) in [7, 11) is 1.59. The molecule has 0 unspecified atom stereocenters. The highest BCUT2D eigenvalue weighted by Gasteiger charge is 2.32. The number of benzene rings is 2. The topological polar surface area (TPSA) is 79.8 Å². The number of carbonyl (C=O) groups is 2. The van der Waals surface area contributed by atoms with Crippen LogP contribution in [0.3, 0.4) is 0 Å². The van der Waals surface area contributed by atoms with E-state index in [-0.39, 0.29) is 24.1 Å². The van der Waals surface area contributed by atoms with Crippen molar-refractivity contribution in [1.82, 2.24) is 5.32 Å². The van der Waals surface area contributed by atoms with E-state index in [1.165, 1.54) is 36.0 Å². The van der Waals surface area contributed by atoms with Crippen LogP contribution < -0.4 is 15.4 Å². The van der Waals surface area contributed by atoms with Crippen LogP contribution in [-0.2, 0) is 16.1 Å². The molecule has 3 rings (SSSR count). The molecule has 0 spiro atoms. The SMILES string of the molecule is COc1ccccc1CN=C1NC(=O)[C@@H](CC(=O)Nc2ccc(F)cc2)S1. The standard InChI is InChI=1S/C19H18FN3O3S/c1-26-15-5-3-2-4-12(15)11-21-19-23-18(25)16(27-19)10-17(24)22-14-8-6-13(20)7-9-14/h2-9,16H,10-11H2,1H3,(H,22,24)(H,21,23,25)/t16-/m1/s1. The zero-order valence-electron chi connectivity index (χ0n) is 14.6. The van der Waals surface area contributed by atoms with Crippen molar-refractivity contribution < 1.29 is 18.7 Å². The first-order valence-corrected chi connectivity index (χ1v) is 9.12. The van der Waals surface area contributed by atoms with Gasteiger partial charge in [0.15, 0.2) is 5.17 Å². The van der Waals surface area contributed by atoms with Crippen molar-refractivity contribution in [1.29, 1.82) is 0 Å². The van der Waals surface area contributed by atoms with Crippen molar-refractivity contribution in [2.75, 3.05) is 12.4 Å². The number of amides is 2. The fraction of sp³-hybridized carbons (Fsp3) is 0.211. The molecule has 1 aliphatic heterocycles. The molecule has 0 aliphatic carbocycles. The molecular weight excluding hydrogens is 369 g/mol. The first-order chi connectivity index (χ1) is 13.0. The maximum Gasteiger partial charge on any atom is 0.240 e. The van der Waals surface area contributed by atoms with Gasteiger partial charge in [-0.25, -0.2) is 4.39 Å². The highest BCUT2D eigenvalue weighted by atomic mass is 32.2. The van der Waals surface area contributed by atoms with E-state index in [2.05, 4.69) is 15.6 Å². The molecule has 1 fully saturated rings. The van der Waals surface area contributed by atoms with Crippen molar-refractivity contribution in [2.24, 2.45) is 4.99 Å². The Hall–Kier alpha value is -2.87. The first-order valence-electron chi connectivity index (χ1n) is 8.24. The number of para-hydroxylation sites is 1. The molecule has 1 atom stereocenters. The Kier molecular flexibility index (Phi) is 6.08. The Morgan fingerprint density at radius 3 is 2.74 bits per heavy atom. The molecule has 2 amide bonds. The average molecular weight is 387 g/mol. The number of thioether (sulfide) groups is 1. The van der Waals surface area contributed by atoms with Gasteiger partial charge in [-0.05, 0) is 30.3 Å². The smallest absolute Gasteiger partial charge is 0.240 e. The Labute approximate surface area is 160 Å². The molecule has 1 aliphatic rings. The molecule has 0 bridgehead atoms. The molecule has 8 heteroatoms. The van der Waals surface area contributed by atoms with Crippen molar-refractivity contribution >= 4 is 34.4 Å².